The number of carbonyl (C=O) groups excluding carboxylic acids is 2. The molecular weight excluding hydrogens is 505 g/mol. The maximum Gasteiger partial charge on any atom is 0.354 e. The van der Waals surface area contributed by atoms with Gasteiger partial charge in [0.05, 0.1) is 0 Å². The van der Waals surface area contributed by atoms with Gasteiger partial charge >= 0.3 is 11.9 Å². The van der Waals surface area contributed by atoms with Gasteiger partial charge in [-0.25, -0.2) is 9.59 Å². The zero-order valence-corrected chi connectivity index (χ0v) is 20.0. The van der Waals surface area contributed by atoms with E-state index in [1.807, 2.05) is 0 Å². The highest BCUT2D eigenvalue weighted by Crippen LogP contribution is 2.60. The fourth-order valence-corrected chi connectivity index (χ4v) is 8.88. The lowest BCUT2D eigenvalue weighted by atomic mass is 9.53. The number of hydrogen-bond donors (Lipinski definition) is 0. The smallest absolute Gasteiger partial charge is 0.354 e. The van der Waals surface area contributed by atoms with Crippen molar-refractivity contribution >= 4 is 36.2 Å². The lowest BCUT2D eigenvalue weighted by molar-refractivity contribution is -0.308. The van der Waals surface area contributed by atoms with E-state index in [4.69, 9.17) is 9.47 Å². The number of halogens is 1. The monoisotopic (exact) mass is 535 g/mol. The summed E-state index contributed by atoms with van der Waals surface area (Å²) in [7, 11) is 0. The zero-order valence-electron chi connectivity index (χ0n) is 17.9. The highest BCUT2D eigenvalue weighted by atomic mass is 127. The van der Waals surface area contributed by atoms with Crippen molar-refractivity contribution in [3.63, 3.8) is 0 Å². The van der Waals surface area contributed by atoms with Gasteiger partial charge < -0.3 is 9.47 Å². The Labute approximate surface area is 193 Å². The van der Waals surface area contributed by atoms with Crippen molar-refractivity contribution in [3.8, 4) is 0 Å². The molecule has 0 atom stereocenters. The van der Waals surface area contributed by atoms with E-state index in [-0.39, 0.29) is 15.3 Å². The fraction of sp³-hybridized carbons (Fsp3) is 0.640. The van der Waals surface area contributed by atoms with Crippen molar-refractivity contribution in [3.05, 3.63) is 33.4 Å². The first-order chi connectivity index (χ1) is 15.1. The molecule has 5 nitrogen and oxygen atoms in total. The molecule has 0 aromatic heterocycles. The predicted molar refractivity (Wildman–Crippen MR) is 125 cm³/mol. The van der Waals surface area contributed by atoms with Crippen LogP contribution in [0, 0.1) is 27.2 Å². The number of likely N-dealkylation sites (tertiary alicyclic amines) is 1. The first-order valence-electron chi connectivity index (χ1n) is 11.9. The van der Waals surface area contributed by atoms with E-state index in [2.05, 4.69) is 29.2 Å². The second-order valence-corrected chi connectivity index (χ2v) is 13.0. The minimum Gasteiger partial charge on any atom is -0.418 e. The Kier molecular flexibility index (Phi) is 5.21. The van der Waals surface area contributed by atoms with E-state index in [0.29, 0.717) is 0 Å². The quantitative estimate of drug-likeness (QED) is 0.429. The summed E-state index contributed by atoms with van der Waals surface area (Å²) in [5.74, 6) is 0.0741. The van der Waals surface area contributed by atoms with Crippen LogP contribution in [0.4, 0.5) is 0 Å². The van der Waals surface area contributed by atoms with Crippen LogP contribution in [0.15, 0.2) is 24.3 Å². The summed E-state index contributed by atoms with van der Waals surface area (Å²) in [5.41, 5.74) is 1.29. The SMILES string of the molecule is O=C1OC2(OC(=O)C1=Ic1ccc(CN3CCCCC3)cc1)C1CC3CC(C1)CC2C3. The molecule has 31 heavy (non-hydrogen) atoms. The van der Waals surface area contributed by atoms with Crippen LogP contribution in [-0.2, 0) is 25.6 Å². The van der Waals surface area contributed by atoms with Crippen LogP contribution in [0.2, 0.25) is 0 Å². The molecule has 1 spiro atoms. The van der Waals surface area contributed by atoms with E-state index in [0.717, 1.165) is 47.6 Å². The molecule has 6 aliphatic rings. The molecule has 0 N–H and O–H groups in total. The van der Waals surface area contributed by atoms with Crippen molar-refractivity contribution in [2.45, 2.75) is 63.7 Å². The first-order valence-corrected chi connectivity index (χ1v) is 14.0. The summed E-state index contributed by atoms with van der Waals surface area (Å²) < 4.78 is 13.4. The van der Waals surface area contributed by atoms with Crippen LogP contribution >= 0.6 is 20.7 Å². The summed E-state index contributed by atoms with van der Waals surface area (Å²) in [5, 5.41) is 0. The average Bonchev–Trinajstić information content (AvgIpc) is 2.76. The highest BCUT2D eigenvalue weighted by Gasteiger charge is 2.64. The lowest BCUT2D eigenvalue weighted by Gasteiger charge is -2.59. The Morgan fingerprint density at radius 2 is 1.42 bits per heavy atom. The van der Waals surface area contributed by atoms with Gasteiger partial charge in [-0.3, -0.25) is 4.90 Å². The third-order valence-electron chi connectivity index (χ3n) is 8.11. The van der Waals surface area contributed by atoms with Crippen LogP contribution in [0.1, 0.15) is 56.9 Å². The zero-order chi connectivity index (χ0) is 21.0. The highest BCUT2D eigenvalue weighted by molar-refractivity contribution is 14.2. The van der Waals surface area contributed by atoms with Crippen molar-refractivity contribution < 1.29 is 19.1 Å². The summed E-state index contributed by atoms with van der Waals surface area (Å²) in [6.45, 7) is 3.33. The number of nitrogens with zero attached hydrogens (tertiary/aromatic N) is 1. The number of piperidine rings is 1. The normalized spacial score (nSPS) is 37.2. The number of hydrogen-bond acceptors (Lipinski definition) is 5. The molecule has 0 amide bonds. The first kappa shape index (κ1) is 20.3. The number of esters is 2. The van der Waals surface area contributed by atoms with Gasteiger partial charge in [-0.05, 0) is 87.6 Å². The molecule has 0 unspecified atom stereocenters. The average molecular weight is 535 g/mol. The Morgan fingerprint density at radius 3 is 2.00 bits per heavy atom. The van der Waals surface area contributed by atoms with E-state index in [1.54, 1.807) is 0 Å². The van der Waals surface area contributed by atoms with Crippen LogP contribution in [0.3, 0.4) is 0 Å². The lowest BCUT2D eigenvalue weighted by Crippen LogP contribution is -2.65. The molecule has 6 heteroatoms. The van der Waals surface area contributed by atoms with Gasteiger partial charge in [0, 0.05) is 22.0 Å². The van der Waals surface area contributed by atoms with E-state index < -0.39 is 38.5 Å². The molecule has 2 heterocycles. The van der Waals surface area contributed by atoms with Gasteiger partial charge in [0.1, 0.15) is 0 Å². The van der Waals surface area contributed by atoms with Crippen molar-refractivity contribution in [2.24, 2.45) is 23.7 Å². The fourth-order valence-electron chi connectivity index (χ4n) is 6.87. The predicted octanol–water partition coefficient (Wildman–Crippen LogP) is 4.24. The van der Waals surface area contributed by atoms with E-state index in [9.17, 15) is 9.59 Å². The summed E-state index contributed by atoms with van der Waals surface area (Å²) in [6, 6.07) is 8.44. The van der Waals surface area contributed by atoms with Gasteiger partial charge in [-0.15, -0.1) is 0 Å². The topological polar surface area (TPSA) is 55.8 Å². The molecule has 2 aliphatic heterocycles. The molecule has 6 fully saturated rings. The largest absolute Gasteiger partial charge is 0.418 e. The van der Waals surface area contributed by atoms with Crippen molar-refractivity contribution in [1.29, 1.82) is 0 Å². The Bertz CT molecular complexity index is 868. The van der Waals surface area contributed by atoms with Crippen LogP contribution in [-0.4, -0.2) is 39.2 Å². The summed E-state index contributed by atoms with van der Waals surface area (Å²) in [6.07, 6.45) is 9.38. The van der Waals surface area contributed by atoms with E-state index in [1.165, 1.54) is 44.3 Å². The molecule has 7 rings (SSSR count). The molecule has 1 aromatic rings. The molecule has 1 aromatic carbocycles. The Morgan fingerprint density at radius 1 is 0.839 bits per heavy atom. The van der Waals surface area contributed by atoms with Crippen LogP contribution in [0.5, 0.6) is 0 Å². The maximum absolute atomic E-state index is 13.0. The van der Waals surface area contributed by atoms with Gasteiger partial charge in [-0.2, -0.15) is 0 Å². The minimum atomic E-state index is -0.965. The third-order valence-corrected chi connectivity index (χ3v) is 10.9. The number of carbonyl (C=O) groups is 2. The Balaban J connectivity index is 1.17. The van der Waals surface area contributed by atoms with Gasteiger partial charge in [0.2, 0.25) is 0 Å². The Hall–Kier alpha value is -1.28. The summed E-state index contributed by atoms with van der Waals surface area (Å²) >= 11 is -0.909. The molecule has 0 radical (unpaired) electrons. The second-order valence-electron chi connectivity index (χ2n) is 10.2. The van der Waals surface area contributed by atoms with Gasteiger partial charge in [0.25, 0.3) is 5.79 Å². The van der Waals surface area contributed by atoms with Crippen molar-refractivity contribution in [1.82, 2.24) is 4.90 Å². The molecule has 4 aliphatic carbocycles. The minimum absolute atomic E-state index is 0.200. The molecule has 2 saturated heterocycles. The second kappa shape index (κ2) is 7.94. The molecule has 4 saturated carbocycles. The maximum atomic E-state index is 13.0. The van der Waals surface area contributed by atoms with Crippen LogP contribution < -0.4 is 0 Å². The number of benzene rings is 1. The number of rotatable bonds is 3. The molecule has 4 bridgehead atoms. The third kappa shape index (κ3) is 3.67. The number of ether oxygens (including phenoxy) is 2. The summed E-state index contributed by atoms with van der Waals surface area (Å²) in [4.78, 5) is 28.5. The van der Waals surface area contributed by atoms with Crippen LogP contribution in [0.25, 0.3) is 0 Å². The standard InChI is InChI=1S/C25H30INO4/c28-23-22(26-21-6-4-16(5-7-21)15-27-8-2-1-3-9-27)24(29)31-25(30-23)19-11-17-10-18(13-19)14-20(25)12-17/h4-7,17-20H,1-3,8-15H2. The van der Waals surface area contributed by atoms with Gasteiger partial charge in [0.15, 0.2) is 3.51 Å². The van der Waals surface area contributed by atoms with E-state index >= 15 is 0 Å². The molecule has 166 valence electrons. The van der Waals surface area contributed by atoms with Crippen molar-refractivity contribution in [2.75, 3.05) is 13.1 Å². The van der Waals surface area contributed by atoms with Gasteiger partial charge in [-0.1, -0.05) is 39.3 Å². The molecular formula is C25H30INO4.